The van der Waals surface area contributed by atoms with Crippen LogP contribution in [0.3, 0.4) is 0 Å². The fourth-order valence-electron chi connectivity index (χ4n) is 2.54. The van der Waals surface area contributed by atoms with E-state index in [9.17, 15) is 15.2 Å². The van der Waals surface area contributed by atoms with Crippen molar-refractivity contribution >= 4 is 5.95 Å². The standard InChI is InChI=1S/C14H16N4O3/c19-12(8-16-7-6-15-14(16)18(20)21)9-17-10-13(17)11-4-2-1-3-5-11/h1-7,12-13,19H,8-10H2. The summed E-state index contributed by atoms with van der Waals surface area (Å²) >= 11 is 0. The lowest BCUT2D eigenvalue weighted by molar-refractivity contribution is -0.397. The van der Waals surface area contributed by atoms with Gasteiger partial charge in [0.25, 0.3) is 0 Å². The lowest BCUT2D eigenvalue weighted by Gasteiger charge is -2.11. The summed E-state index contributed by atoms with van der Waals surface area (Å²) < 4.78 is 1.37. The molecule has 3 unspecified atom stereocenters. The van der Waals surface area contributed by atoms with E-state index >= 15 is 0 Å². The van der Waals surface area contributed by atoms with Crippen molar-refractivity contribution in [3.8, 4) is 0 Å². The summed E-state index contributed by atoms with van der Waals surface area (Å²) in [7, 11) is 0. The van der Waals surface area contributed by atoms with Crippen molar-refractivity contribution in [2.45, 2.75) is 18.7 Å². The second-order valence-corrected chi connectivity index (χ2v) is 5.17. The molecule has 0 bridgehead atoms. The zero-order valence-corrected chi connectivity index (χ0v) is 11.4. The van der Waals surface area contributed by atoms with Gasteiger partial charge in [0.2, 0.25) is 0 Å². The van der Waals surface area contributed by atoms with Gasteiger partial charge in [0.1, 0.15) is 12.4 Å². The van der Waals surface area contributed by atoms with Crippen molar-refractivity contribution in [1.82, 2.24) is 14.5 Å². The lowest BCUT2D eigenvalue weighted by atomic mass is 10.2. The van der Waals surface area contributed by atoms with Crippen LogP contribution in [0.5, 0.6) is 0 Å². The van der Waals surface area contributed by atoms with E-state index in [2.05, 4.69) is 22.0 Å². The largest absolute Gasteiger partial charge is 0.434 e. The molecule has 1 fully saturated rings. The third-order valence-electron chi connectivity index (χ3n) is 3.61. The molecule has 3 rings (SSSR count). The van der Waals surface area contributed by atoms with E-state index < -0.39 is 11.0 Å². The van der Waals surface area contributed by atoms with E-state index in [4.69, 9.17) is 0 Å². The molecule has 2 heterocycles. The van der Waals surface area contributed by atoms with E-state index in [0.29, 0.717) is 12.6 Å². The molecule has 7 heteroatoms. The van der Waals surface area contributed by atoms with Crippen molar-refractivity contribution in [1.29, 1.82) is 0 Å². The third-order valence-corrected chi connectivity index (χ3v) is 3.61. The molecule has 1 aliphatic rings. The number of aromatic nitrogens is 2. The first-order valence-corrected chi connectivity index (χ1v) is 6.77. The molecule has 1 aromatic heterocycles. The molecule has 7 nitrogen and oxygen atoms in total. The van der Waals surface area contributed by atoms with Gasteiger partial charge in [-0.1, -0.05) is 35.3 Å². The lowest BCUT2D eigenvalue weighted by Crippen LogP contribution is -2.25. The highest BCUT2D eigenvalue weighted by Crippen LogP contribution is 2.34. The van der Waals surface area contributed by atoms with Crippen molar-refractivity contribution in [2.75, 3.05) is 13.1 Å². The Morgan fingerprint density at radius 1 is 1.38 bits per heavy atom. The molecular weight excluding hydrogens is 272 g/mol. The second kappa shape index (κ2) is 5.63. The van der Waals surface area contributed by atoms with Crippen molar-refractivity contribution < 1.29 is 10.0 Å². The molecule has 2 aromatic rings. The Kier molecular flexibility index (Phi) is 3.68. The van der Waals surface area contributed by atoms with Gasteiger partial charge in [-0.05, 0) is 10.5 Å². The molecule has 1 aliphatic heterocycles. The molecule has 0 spiro atoms. The normalized spacial score (nSPS) is 22.0. The highest BCUT2D eigenvalue weighted by Gasteiger charge is 2.36. The first-order valence-electron chi connectivity index (χ1n) is 6.77. The van der Waals surface area contributed by atoms with Crippen LogP contribution in [0.4, 0.5) is 5.95 Å². The number of β-amino-alcohol motifs (C(OH)–C–C–N with tert-alkyl or cyclic N) is 1. The van der Waals surface area contributed by atoms with Gasteiger partial charge in [0.05, 0.1) is 12.6 Å². The maximum atomic E-state index is 10.8. The zero-order chi connectivity index (χ0) is 14.8. The van der Waals surface area contributed by atoms with Gasteiger partial charge in [0.15, 0.2) is 0 Å². The molecule has 0 saturated carbocycles. The van der Waals surface area contributed by atoms with Gasteiger partial charge in [0, 0.05) is 19.1 Å². The van der Waals surface area contributed by atoms with Crippen LogP contribution in [-0.4, -0.2) is 43.7 Å². The molecule has 1 N–H and O–H groups in total. The summed E-state index contributed by atoms with van der Waals surface area (Å²) in [4.78, 5) is 16.0. The Labute approximate surface area is 121 Å². The average Bonchev–Trinajstić information content (AvgIpc) is 3.06. The molecule has 0 amide bonds. The van der Waals surface area contributed by atoms with Crippen LogP contribution in [0, 0.1) is 10.1 Å². The molecule has 0 aliphatic carbocycles. The molecule has 21 heavy (non-hydrogen) atoms. The average molecular weight is 288 g/mol. The first kappa shape index (κ1) is 13.7. The van der Waals surface area contributed by atoms with Crippen LogP contribution < -0.4 is 0 Å². The Hall–Kier alpha value is -2.25. The topological polar surface area (TPSA) is 84.2 Å². The van der Waals surface area contributed by atoms with Crippen molar-refractivity contribution in [3.05, 3.63) is 58.4 Å². The quantitative estimate of drug-likeness (QED) is 0.490. The number of nitrogens with zero attached hydrogens (tertiary/aromatic N) is 4. The SMILES string of the molecule is O=[N+]([O-])c1nccn1CC(O)CN1CC1c1ccccc1. The van der Waals surface area contributed by atoms with Crippen LogP contribution in [0.2, 0.25) is 0 Å². The predicted molar refractivity (Wildman–Crippen MR) is 75.6 cm³/mol. The Balaban J connectivity index is 1.55. The Morgan fingerprint density at radius 2 is 2.14 bits per heavy atom. The Bertz CT molecular complexity index is 628. The fourth-order valence-corrected chi connectivity index (χ4v) is 2.54. The molecule has 110 valence electrons. The highest BCUT2D eigenvalue weighted by molar-refractivity contribution is 5.23. The summed E-state index contributed by atoms with van der Waals surface area (Å²) in [5.41, 5.74) is 1.23. The number of aliphatic hydroxyl groups is 1. The number of benzene rings is 1. The monoisotopic (exact) mass is 288 g/mol. The van der Waals surface area contributed by atoms with Crippen molar-refractivity contribution in [3.63, 3.8) is 0 Å². The van der Waals surface area contributed by atoms with Crippen LogP contribution in [0.1, 0.15) is 11.6 Å². The predicted octanol–water partition coefficient (Wildman–Crippen LogP) is 1.21. The molecule has 1 saturated heterocycles. The summed E-state index contributed by atoms with van der Waals surface area (Å²) in [5.74, 6) is -0.237. The maximum absolute atomic E-state index is 10.8. The highest BCUT2D eigenvalue weighted by atomic mass is 16.6. The molecule has 0 radical (unpaired) electrons. The van der Waals surface area contributed by atoms with Gasteiger partial charge < -0.3 is 15.2 Å². The van der Waals surface area contributed by atoms with Gasteiger partial charge in [-0.2, -0.15) is 0 Å². The van der Waals surface area contributed by atoms with Crippen LogP contribution in [0.15, 0.2) is 42.7 Å². The minimum absolute atomic E-state index is 0.175. The van der Waals surface area contributed by atoms with Gasteiger partial charge in [-0.15, -0.1) is 0 Å². The number of aliphatic hydroxyl groups excluding tert-OH is 1. The molecule has 1 aromatic carbocycles. The van der Waals surface area contributed by atoms with Crippen molar-refractivity contribution in [2.24, 2.45) is 0 Å². The van der Waals surface area contributed by atoms with E-state index in [-0.39, 0.29) is 12.5 Å². The fraction of sp³-hybridized carbons (Fsp3) is 0.357. The van der Waals surface area contributed by atoms with E-state index in [1.54, 1.807) is 0 Å². The Morgan fingerprint density at radius 3 is 2.86 bits per heavy atom. The van der Waals surface area contributed by atoms with E-state index in [1.807, 2.05) is 18.2 Å². The number of hydrogen-bond donors (Lipinski definition) is 1. The number of imidazole rings is 1. The second-order valence-electron chi connectivity index (χ2n) is 5.17. The summed E-state index contributed by atoms with van der Waals surface area (Å²) in [6.07, 6.45) is 2.22. The molecule has 3 atom stereocenters. The smallest absolute Gasteiger partial charge is 0.390 e. The van der Waals surface area contributed by atoms with Gasteiger partial charge in [-0.25, -0.2) is 4.57 Å². The number of rotatable bonds is 6. The minimum atomic E-state index is -0.661. The van der Waals surface area contributed by atoms with E-state index in [1.165, 1.54) is 22.5 Å². The van der Waals surface area contributed by atoms with E-state index in [0.717, 1.165) is 6.54 Å². The molecular formula is C14H16N4O3. The summed E-state index contributed by atoms with van der Waals surface area (Å²) in [6.45, 7) is 1.58. The van der Waals surface area contributed by atoms with Crippen LogP contribution >= 0.6 is 0 Å². The first-order chi connectivity index (χ1) is 10.1. The minimum Gasteiger partial charge on any atom is -0.390 e. The number of nitro groups is 1. The summed E-state index contributed by atoms with van der Waals surface area (Å²) in [5, 5.41) is 20.9. The number of hydrogen-bond acceptors (Lipinski definition) is 5. The van der Waals surface area contributed by atoms with Gasteiger partial charge >= 0.3 is 5.95 Å². The van der Waals surface area contributed by atoms with Gasteiger partial charge in [-0.3, -0.25) is 4.90 Å². The van der Waals surface area contributed by atoms with Crippen LogP contribution in [-0.2, 0) is 6.54 Å². The zero-order valence-electron chi connectivity index (χ0n) is 11.4. The van der Waals surface area contributed by atoms with Crippen LogP contribution in [0.25, 0.3) is 0 Å². The summed E-state index contributed by atoms with van der Waals surface area (Å²) in [6, 6.07) is 10.5. The third kappa shape index (κ3) is 3.09. The maximum Gasteiger partial charge on any atom is 0.434 e.